The molecule has 1 aromatic rings. The third-order valence-electron chi connectivity index (χ3n) is 4.35. The summed E-state index contributed by atoms with van der Waals surface area (Å²) in [6.07, 6.45) is 6.52. The molecule has 1 aliphatic rings. The molecule has 106 valence electrons. The molecule has 0 aromatic heterocycles. The van der Waals surface area contributed by atoms with Gasteiger partial charge in [0.25, 0.3) is 0 Å². The van der Waals surface area contributed by atoms with E-state index in [2.05, 4.69) is 19.3 Å². The quantitative estimate of drug-likeness (QED) is 0.785. The maximum atomic E-state index is 5.77. The molecule has 0 amide bonds. The van der Waals surface area contributed by atoms with E-state index < -0.39 is 0 Å². The van der Waals surface area contributed by atoms with Gasteiger partial charge in [0.05, 0.1) is 6.61 Å². The topological polar surface area (TPSA) is 21.3 Å². The lowest BCUT2D eigenvalue weighted by molar-refractivity contribution is 0.195. The number of rotatable bonds is 6. The van der Waals surface area contributed by atoms with Crippen molar-refractivity contribution in [1.29, 1.82) is 0 Å². The number of para-hydroxylation sites is 1. The van der Waals surface area contributed by atoms with Gasteiger partial charge in [-0.3, -0.25) is 0 Å². The van der Waals surface area contributed by atoms with Crippen molar-refractivity contribution < 1.29 is 4.74 Å². The summed E-state index contributed by atoms with van der Waals surface area (Å²) in [6, 6.07) is 10.8. The van der Waals surface area contributed by atoms with E-state index in [4.69, 9.17) is 4.74 Å². The standard InChI is InChI=1S/C17H27NO/c1-14-10-11-17(18-2)15(13-14)7-6-12-19-16-8-4-3-5-9-16/h3-5,8-9,14-15,17-18H,6-7,10-13H2,1-2H3. The zero-order valence-electron chi connectivity index (χ0n) is 12.3. The van der Waals surface area contributed by atoms with Crippen molar-refractivity contribution in [2.24, 2.45) is 11.8 Å². The third kappa shape index (κ3) is 4.54. The van der Waals surface area contributed by atoms with Gasteiger partial charge in [-0.1, -0.05) is 25.1 Å². The predicted molar refractivity (Wildman–Crippen MR) is 80.5 cm³/mol. The van der Waals surface area contributed by atoms with Gasteiger partial charge in [-0.05, 0) is 63.1 Å². The lowest BCUT2D eigenvalue weighted by atomic mass is 9.77. The van der Waals surface area contributed by atoms with Crippen molar-refractivity contribution in [1.82, 2.24) is 5.32 Å². The largest absolute Gasteiger partial charge is 0.494 e. The highest BCUT2D eigenvalue weighted by atomic mass is 16.5. The molecule has 0 bridgehead atoms. The summed E-state index contributed by atoms with van der Waals surface area (Å²) in [4.78, 5) is 0. The summed E-state index contributed by atoms with van der Waals surface area (Å²) in [7, 11) is 2.11. The fraction of sp³-hybridized carbons (Fsp3) is 0.647. The van der Waals surface area contributed by atoms with E-state index in [1.165, 1.54) is 25.7 Å². The molecule has 3 unspecified atom stereocenters. The van der Waals surface area contributed by atoms with Crippen LogP contribution in [0, 0.1) is 11.8 Å². The Labute approximate surface area is 117 Å². The molecule has 0 radical (unpaired) electrons. The van der Waals surface area contributed by atoms with Gasteiger partial charge in [0.1, 0.15) is 5.75 Å². The van der Waals surface area contributed by atoms with E-state index in [9.17, 15) is 0 Å². The van der Waals surface area contributed by atoms with Crippen LogP contribution >= 0.6 is 0 Å². The van der Waals surface area contributed by atoms with Crippen LogP contribution in [0.4, 0.5) is 0 Å². The van der Waals surface area contributed by atoms with E-state index in [1.54, 1.807) is 0 Å². The van der Waals surface area contributed by atoms with Crippen LogP contribution in [-0.4, -0.2) is 19.7 Å². The van der Waals surface area contributed by atoms with Gasteiger partial charge in [0.15, 0.2) is 0 Å². The van der Waals surface area contributed by atoms with Crippen LogP contribution in [0.1, 0.15) is 39.0 Å². The zero-order chi connectivity index (χ0) is 13.5. The van der Waals surface area contributed by atoms with Crippen LogP contribution in [0.5, 0.6) is 5.75 Å². The van der Waals surface area contributed by atoms with Crippen LogP contribution in [0.2, 0.25) is 0 Å². The summed E-state index contributed by atoms with van der Waals surface area (Å²) < 4.78 is 5.77. The average Bonchev–Trinajstić information content (AvgIpc) is 2.45. The van der Waals surface area contributed by atoms with Crippen molar-refractivity contribution >= 4 is 0 Å². The molecule has 2 nitrogen and oxygen atoms in total. The Bertz CT molecular complexity index is 352. The Balaban J connectivity index is 1.69. The normalized spacial score (nSPS) is 27.2. The summed E-state index contributed by atoms with van der Waals surface area (Å²) in [5, 5.41) is 3.49. The Hall–Kier alpha value is -1.02. The molecule has 2 heteroatoms. The molecule has 0 saturated heterocycles. The Morgan fingerprint density at radius 2 is 2.00 bits per heavy atom. The minimum Gasteiger partial charge on any atom is -0.494 e. The second-order valence-corrected chi connectivity index (χ2v) is 5.88. The van der Waals surface area contributed by atoms with Crippen molar-refractivity contribution in [3.63, 3.8) is 0 Å². The SMILES string of the molecule is CNC1CCC(C)CC1CCCOc1ccccc1. The molecular weight excluding hydrogens is 234 g/mol. The maximum Gasteiger partial charge on any atom is 0.119 e. The lowest BCUT2D eigenvalue weighted by Gasteiger charge is -2.34. The first-order chi connectivity index (χ1) is 9.29. The highest BCUT2D eigenvalue weighted by molar-refractivity contribution is 5.20. The number of hydrogen-bond donors (Lipinski definition) is 1. The van der Waals surface area contributed by atoms with Gasteiger partial charge >= 0.3 is 0 Å². The molecule has 1 saturated carbocycles. The third-order valence-corrected chi connectivity index (χ3v) is 4.35. The molecule has 1 fully saturated rings. The minimum atomic E-state index is 0.716. The summed E-state index contributed by atoms with van der Waals surface area (Å²) in [5.74, 6) is 2.71. The smallest absolute Gasteiger partial charge is 0.119 e. The maximum absolute atomic E-state index is 5.77. The van der Waals surface area contributed by atoms with Crippen molar-refractivity contribution in [2.45, 2.75) is 45.1 Å². The number of hydrogen-bond acceptors (Lipinski definition) is 2. The van der Waals surface area contributed by atoms with E-state index in [-0.39, 0.29) is 0 Å². The fourth-order valence-electron chi connectivity index (χ4n) is 3.25. The number of benzene rings is 1. The highest BCUT2D eigenvalue weighted by Crippen LogP contribution is 2.31. The second kappa shape index (κ2) is 7.54. The molecular formula is C17H27NO. The average molecular weight is 261 g/mol. The van der Waals surface area contributed by atoms with Crippen LogP contribution in [-0.2, 0) is 0 Å². The van der Waals surface area contributed by atoms with E-state index >= 15 is 0 Å². The first-order valence-electron chi connectivity index (χ1n) is 7.64. The van der Waals surface area contributed by atoms with E-state index in [0.717, 1.165) is 30.6 Å². The molecule has 1 N–H and O–H groups in total. The monoisotopic (exact) mass is 261 g/mol. The summed E-state index contributed by atoms with van der Waals surface area (Å²) >= 11 is 0. The van der Waals surface area contributed by atoms with E-state index in [0.29, 0.717) is 6.04 Å². The first kappa shape index (κ1) is 14.4. The molecule has 2 rings (SSSR count). The molecule has 1 aliphatic carbocycles. The zero-order valence-corrected chi connectivity index (χ0v) is 12.3. The molecule has 1 aromatic carbocycles. The first-order valence-corrected chi connectivity index (χ1v) is 7.64. The number of ether oxygens (including phenoxy) is 1. The van der Waals surface area contributed by atoms with Crippen LogP contribution in [0.3, 0.4) is 0 Å². The molecule has 0 heterocycles. The summed E-state index contributed by atoms with van der Waals surface area (Å²) in [5.41, 5.74) is 0. The van der Waals surface area contributed by atoms with Gasteiger partial charge in [0, 0.05) is 6.04 Å². The van der Waals surface area contributed by atoms with E-state index in [1.807, 2.05) is 30.3 Å². The van der Waals surface area contributed by atoms with Gasteiger partial charge < -0.3 is 10.1 Å². The predicted octanol–water partition coefficient (Wildman–Crippen LogP) is 3.87. The molecule has 3 atom stereocenters. The molecule has 19 heavy (non-hydrogen) atoms. The van der Waals surface area contributed by atoms with Crippen molar-refractivity contribution in [3.05, 3.63) is 30.3 Å². The fourth-order valence-corrected chi connectivity index (χ4v) is 3.25. The highest BCUT2D eigenvalue weighted by Gasteiger charge is 2.26. The van der Waals surface area contributed by atoms with Crippen LogP contribution in [0.25, 0.3) is 0 Å². The van der Waals surface area contributed by atoms with Crippen molar-refractivity contribution in [2.75, 3.05) is 13.7 Å². The lowest BCUT2D eigenvalue weighted by Crippen LogP contribution is -2.38. The molecule has 0 spiro atoms. The van der Waals surface area contributed by atoms with Gasteiger partial charge in [-0.25, -0.2) is 0 Å². The van der Waals surface area contributed by atoms with Crippen LogP contribution in [0.15, 0.2) is 30.3 Å². The molecule has 0 aliphatic heterocycles. The van der Waals surface area contributed by atoms with Gasteiger partial charge in [-0.15, -0.1) is 0 Å². The summed E-state index contributed by atoms with van der Waals surface area (Å²) in [6.45, 7) is 3.23. The Kier molecular flexibility index (Phi) is 5.71. The van der Waals surface area contributed by atoms with Gasteiger partial charge in [-0.2, -0.15) is 0 Å². The number of nitrogens with one attached hydrogen (secondary N) is 1. The van der Waals surface area contributed by atoms with Gasteiger partial charge in [0.2, 0.25) is 0 Å². The minimum absolute atomic E-state index is 0.716. The van der Waals surface area contributed by atoms with Crippen molar-refractivity contribution in [3.8, 4) is 5.75 Å². The Morgan fingerprint density at radius 1 is 1.21 bits per heavy atom. The van der Waals surface area contributed by atoms with Crippen LogP contribution < -0.4 is 10.1 Å². The Morgan fingerprint density at radius 3 is 2.74 bits per heavy atom. The second-order valence-electron chi connectivity index (χ2n) is 5.88.